The third kappa shape index (κ3) is 0.678. The van der Waals surface area contributed by atoms with Gasteiger partial charge in [0.05, 0.1) is 0 Å². The Hall–Kier alpha value is -0.570. The minimum Gasteiger partial charge on any atom is -0.369 e. The van der Waals surface area contributed by atoms with Gasteiger partial charge in [-0.25, -0.2) is 0 Å². The standard InChI is InChI=1S/C9H14N2O/c10-9(12)6-1-5-2-11-3-7(5)8(6)4-11/h5-8H,1-4H2,(H2,10,12). The quantitative estimate of drug-likeness (QED) is 0.579. The van der Waals surface area contributed by atoms with E-state index in [-0.39, 0.29) is 11.8 Å². The summed E-state index contributed by atoms with van der Waals surface area (Å²) in [6.45, 7) is 3.60. The van der Waals surface area contributed by atoms with Crippen LogP contribution in [0.2, 0.25) is 0 Å². The number of nitrogens with zero attached hydrogens (tertiary/aromatic N) is 1. The monoisotopic (exact) mass is 166 g/mol. The van der Waals surface area contributed by atoms with Crippen molar-refractivity contribution in [2.75, 3.05) is 19.6 Å². The molecule has 5 unspecified atom stereocenters. The minimum absolute atomic E-state index is 0.0590. The molecule has 3 aliphatic rings. The summed E-state index contributed by atoms with van der Waals surface area (Å²) in [5.41, 5.74) is 5.38. The van der Waals surface area contributed by atoms with E-state index in [1.807, 2.05) is 0 Å². The number of nitrogens with two attached hydrogens (primary N) is 1. The van der Waals surface area contributed by atoms with Crippen LogP contribution in [0.15, 0.2) is 0 Å². The molecule has 0 aromatic heterocycles. The normalized spacial score (nSPS) is 54.8. The van der Waals surface area contributed by atoms with Crippen LogP contribution in [-0.2, 0) is 4.79 Å². The van der Waals surface area contributed by atoms with E-state index in [1.165, 1.54) is 13.1 Å². The SMILES string of the molecule is NC(=O)C1CC2CN3CC2C1C3. The molecule has 66 valence electrons. The first kappa shape index (κ1) is 6.89. The molecule has 0 radical (unpaired) electrons. The highest BCUT2D eigenvalue weighted by molar-refractivity contribution is 5.77. The van der Waals surface area contributed by atoms with E-state index in [1.54, 1.807) is 0 Å². The third-order valence-corrected chi connectivity index (χ3v) is 4.03. The second kappa shape index (κ2) is 2.02. The summed E-state index contributed by atoms with van der Waals surface area (Å²) in [7, 11) is 0. The zero-order valence-electron chi connectivity index (χ0n) is 7.07. The van der Waals surface area contributed by atoms with Crippen LogP contribution in [0.4, 0.5) is 0 Å². The van der Waals surface area contributed by atoms with Gasteiger partial charge in [0.1, 0.15) is 0 Å². The molecule has 0 spiro atoms. The average molecular weight is 166 g/mol. The highest BCUT2D eigenvalue weighted by Crippen LogP contribution is 2.51. The maximum atomic E-state index is 11.1. The predicted octanol–water partition coefficient (Wildman–Crippen LogP) is -0.331. The van der Waals surface area contributed by atoms with Gasteiger partial charge in [-0.15, -0.1) is 0 Å². The van der Waals surface area contributed by atoms with Crippen molar-refractivity contribution >= 4 is 5.91 Å². The summed E-state index contributed by atoms with van der Waals surface area (Å²) in [6, 6.07) is 0. The summed E-state index contributed by atoms with van der Waals surface area (Å²) in [5, 5.41) is 0. The van der Waals surface area contributed by atoms with Crippen LogP contribution < -0.4 is 5.73 Å². The molecule has 2 aliphatic heterocycles. The highest BCUT2D eigenvalue weighted by atomic mass is 16.1. The van der Waals surface area contributed by atoms with E-state index in [4.69, 9.17) is 5.73 Å². The van der Waals surface area contributed by atoms with E-state index in [0.29, 0.717) is 5.92 Å². The molecule has 2 heterocycles. The number of fused-ring (bicyclic) bond motifs is 1. The van der Waals surface area contributed by atoms with E-state index in [0.717, 1.165) is 24.8 Å². The van der Waals surface area contributed by atoms with E-state index in [2.05, 4.69) is 4.90 Å². The lowest BCUT2D eigenvalue weighted by molar-refractivity contribution is -0.122. The number of carbonyl (C=O) groups is 1. The van der Waals surface area contributed by atoms with Crippen LogP contribution in [0, 0.1) is 23.7 Å². The molecule has 2 N–H and O–H groups in total. The summed E-state index contributed by atoms with van der Waals surface area (Å²) < 4.78 is 0. The lowest BCUT2D eigenvalue weighted by Crippen LogP contribution is -2.30. The molecule has 3 rings (SSSR count). The Bertz CT molecular complexity index is 239. The molecule has 12 heavy (non-hydrogen) atoms. The first-order valence-electron chi connectivity index (χ1n) is 4.77. The van der Waals surface area contributed by atoms with Crippen LogP contribution in [-0.4, -0.2) is 30.4 Å². The van der Waals surface area contributed by atoms with Gasteiger partial charge in [-0.2, -0.15) is 0 Å². The number of rotatable bonds is 1. The first-order chi connectivity index (χ1) is 5.75. The second-order valence-corrected chi connectivity index (χ2v) is 4.55. The fourth-order valence-electron chi connectivity index (χ4n) is 3.56. The van der Waals surface area contributed by atoms with E-state index < -0.39 is 0 Å². The van der Waals surface area contributed by atoms with Crippen LogP contribution in [0.3, 0.4) is 0 Å². The van der Waals surface area contributed by atoms with Gasteiger partial charge in [0.15, 0.2) is 0 Å². The van der Waals surface area contributed by atoms with Gasteiger partial charge in [-0.1, -0.05) is 0 Å². The smallest absolute Gasteiger partial charge is 0.220 e. The second-order valence-electron chi connectivity index (χ2n) is 4.55. The summed E-state index contributed by atoms with van der Waals surface area (Å²) in [6.07, 6.45) is 1.07. The number of piperidine rings is 1. The average Bonchev–Trinajstić information content (AvgIpc) is 2.55. The van der Waals surface area contributed by atoms with Crippen LogP contribution in [0.1, 0.15) is 6.42 Å². The first-order valence-corrected chi connectivity index (χ1v) is 4.77. The predicted molar refractivity (Wildman–Crippen MR) is 44.2 cm³/mol. The van der Waals surface area contributed by atoms with Crippen molar-refractivity contribution in [1.82, 2.24) is 4.90 Å². The van der Waals surface area contributed by atoms with Gasteiger partial charge in [-0.05, 0) is 24.2 Å². The topological polar surface area (TPSA) is 46.3 Å². The van der Waals surface area contributed by atoms with E-state index in [9.17, 15) is 4.79 Å². The molecule has 3 fully saturated rings. The fourth-order valence-corrected chi connectivity index (χ4v) is 3.56. The van der Waals surface area contributed by atoms with Gasteiger partial charge >= 0.3 is 0 Å². The van der Waals surface area contributed by atoms with Crippen LogP contribution >= 0.6 is 0 Å². The van der Waals surface area contributed by atoms with Crippen molar-refractivity contribution in [3.05, 3.63) is 0 Å². The molecule has 3 heteroatoms. The van der Waals surface area contributed by atoms with E-state index >= 15 is 0 Å². The van der Waals surface area contributed by atoms with Crippen molar-refractivity contribution in [2.45, 2.75) is 6.42 Å². The summed E-state index contributed by atoms with van der Waals surface area (Å²) >= 11 is 0. The minimum atomic E-state index is -0.0590. The Labute approximate surface area is 71.9 Å². The molecule has 3 nitrogen and oxygen atoms in total. The zero-order chi connectivity index (χ0) is 8.29. The molecule has 2 saturated heterocycles. The highest BCUT2D eigenvalue weighted by Gasteiger charge is 2.55. The lowest BCUT2D eigenvalue weighted by Gasteiger charge is -2.19. The maximum absolute atomic E-state index is 11.1. The zero-order valence-corrected chi connectivity index (χ0v) is 7.07. The van der Waals surface area contributed by atoms with Gasteiger partial charge in [0, 0.05) is 25.6 Å². The Morgan fingerprint density at radius 3 is 2.58 bits per heavy atom. The Balaban J connectivity index is 1.91. The molecule has 0 aromatic rings. The van der Waals surface area contributed by atoms with Crippen molar-refractivity contribution in [3.8, 4) is 0 Å². The molecular formula is C9H14N2O. The van der Waals surface area contributed by atoms with Crippen molar-refractivity contribution in [3.63, 3.8) is 0 Å². The Morgan fingerprint density at radius 2 is 2.00 bits per heavy atom. The van der Waals surface area contributed by atoms with Gasteiger partial charge < -0.3 is 10.6 Å². The number of hydrogen-bond donors (Lipinski definition) is 1. The number of amides is 1. The van der Waals surface area contributed by atoms with Crippen LogP contribution in [0.5, 0.6) is 0 Å². The molecule has 1 aliphatic carbocycles. The summed E-state index contributed by atoms with van der Waals surface area (Å²) in [4.78, 5) is 13.6. The molecule has 0 aromatic carbocycles. The Kier molecular flexibility index (Phi) is 1.16. The number of carbonyl (C=O) groups excluding carboxylic acids is 1. The van der Waals surface area contributed by atoms with Gasteiger partial charge in [-0.3, -0.25) is 4.79 Å². The Morgan fingerprint density at radius 1 is 1.25 bits per heavy atom. The van der Waals surface area contributed by atoms with Gasteiger partial charge in [0.2, 0.25) is 5.91 Å². The van der Waals surface area contributed by atoms with Crippen molar-refractivity contribution in [2.24, 2.45) is 29.4 Å². The molecule has 2 bridgehead atoms. The van der Waals surface area contributed by atoms with Crippen molar-refractivity contribution in [1.29, 1.82) is 0 Å². The fraction of sp³-hybridized carbons (Fsp3) is 0.889. The number of primary amides is 1. The maximum Gasteiger partial charge on any atom is 0.220 e. The molecule has 1 saturated carbocycles. The van der Waals surface area contributed by atoms with Crippen LogP contribution in [0.25, 0.3) is 0 Å². The number of hydrogen-bond acceptors (Lipinski definition) is 2. The van der Waals surface area contributed by atoms with Gasteiger partial charge in [0.25, 0.3) is 0 Å². The molecular weight excluding hydrogens is 152 g/mol. The lowest BCUT2D eigenvalue weighted by atomic mass is 9.90. The molecule has 1 amide bonds. The largest absolute Gasteiger partial charge is 0.369 e. The third-order valence-electron chi connectivity index (χ3n) is 4.03. The molecule has 5 atom stereocenters. The summed E-state index contributed by atoms with van der Waals surface area (Å²) in [5.74, 6) is 2.36. The van der Waals surface area contributed by atoms with Crippen molar-refractivity contribution < 1.29 is 4.79 Å².